The number of benzene rings is 2. The van der Waals surface area contributed by atoms with E-state index in [2.05, 4.69) is 10.6 Å². The Labute approximate surface area is 166 Å². The zero-order valence-corrected chi connectivity index (χ0v) is 15.7. The first kappa shape index (κ1) is 18.9. The second-order valence-electron chi connectivity index (χ2n) is 6.84. The molecule has 9 heteroatoms. The van der Waals surface area contributed by atoms with Gasteiger partial charge in [0.2, 0.25) is 6.79 Å². The number of nitrogens with one attached hydrogen (secondary N) is 2. The Balaban J connectivity index is 1.35. The molecule has 0 fully saturated rings. The highest BCUT2D eigenvalue weighted by Gasteiger charge is 2.28. The summed E-state index contributed by atoms with van der Waals surface area (Å²) in [6.45, 7) is 2.37. The number of amides is 2. The van der Waals surface area contributed by atoms with Gasteiger partial charge in [-0.15, -0.1) is 0 Å². The summed E-state index contributed by atoms with van der Waals surface area (Å²) < 4.78 is 21.4. The van der Waals surface area contributed by atoms with E-state index in [0.29, 0.717) is 47.5 Å². The predicted octanol–water partition coefficient (Wildman–Crippen LogP) is 1.15. The lowest BCUT2D eigenvalue weighted by molar-refractivity contribution is -0.136. The first-order valence-electron chi connectivity index (χ1n) is 9.04. The van der Waals surface area contributed by atoms with Gasteiger partial charge in [-0.25, -0.2) is 0 Å². The van der Waals surface area contributed by atoms with E-state index in [1.807, 2.05) is 0 Å². The molecule has 2 aliphatic rings. The van der Waals surface area contributed by atoms with Gasteiger partial charge in [-0.05, 0) is 36.8 Å². The lowest BCUT2D eigenvalue weighted by Crippen LogP contribution is -2.43. The number of carbonyl (C=O) groups is 2. The monoisotopic (exact) mass is 400 g/mol. The number of hydrogen-bond donors (Lipinski definition) is 3. The summed E-state index contributed by atoms with van der Waals surface area (Å²) in [5, 5.41) is 15.6. The van der Waals surface area contributed by atoms with Gasteiger partial charge >= 0.3 is 11.8 Å². The lowest BCUT2D eigenvalue weighted by atomic mass is 9.95. The Morgan fingerprint density at radius 1 is 0.931 bits per heavy atom. The summed E-state index contributed by atoms with van der Waals surface area (Å²) in [7, 11) is 0. The van der Waals surface area contributed by atoms with Crippen LogP contribution in [-0.2, 0) is 15.2 Å². The summed E-state index contributed by atoms with van der Waals surface area (Å²) in [5.41, 5.74) is -0.486. The average molecular weight is 400 g/mol. The Morgan fingerprint density at radius 2 is 1.59 bits per heavy atom. The molecule has 2 heterocycles. The van der Waals surface area contributed by atoms with Crippen molar-refractivity contribution < 1.29 is 33.6 Å². The third kappa shape index (κ3) is 4.04. The number of fused-ring (bicyclic) bond motifs is 2. The van der Waals surface area contributed by atoms with Crippen LogP contribution in [0.1, 0.15) is 12.5 Å². The highest BCUT2D eigenvalue weighted by molar-refractivity contribution is 6.39. The van der Waals surface area contributed by atoms with E-state index in [1.54, 1.807) is 36.4 Å². The minimum absolute atomic E-state index is 0.123. The standard InChI is InChI=1S/C20H20N2O7/c1-20(25,12-2-4-15-16(8-12)29-11-28-15)10-21-18(23)19(24)22-13-3-5-14-17(9-13)27-7-6-26-14/h2-5,8-9,25H,6-7,10-11H2,1H3,(H,21,23)(H,22,24). The van der Waals surface area contributed by atoms with Crippen molar-refractivity contribution in [1.29, 1.82) is 0 Å². The van der Waals surface area contributed by atoms with Crippen LogP contribution in [0.15, 0.2) is 36.4 Å². The molecule has 1 unspecified atom stereocenters. The van der Waals surface area contributed by atoms with E-state index >= 15 is 0 Å². The molecule has 0 aliphatic carbocycles. The molecule has 0 saturated heterocycles. The molecular weight excluding hydrogens is 380 g/mol. The second-order valence-corrected chi connectivity index (χ2v) is 6.84. The fourth-order valence-electron chi connectivity index (χ4n) is 2.98. The molecular formula is C20H20N2O7. The maximum absolute atomic E-state index is 12.2. The molecule has 152 valence electrons. The zero-order valence-electron chi connectivity index (χ0n) is 15.7. The quantitative estimate of drug-likeness (QED) is 0.660. The maximum atomic E-state index is 12.2. The molecule has 1 atom stereocenters. The third-order valence-corrected chi connectivity index (χ3v) is 4.59. The molecule has 2 aliphatic heterocycles. The zero-order chi connectivity index (χ0) is 20.4. The number of anilines is 1. The van der Waals surface area contributed by atoms with E-state index in [0.717, 1.165) is 0 Å². The number of carbonyl (C=O) groups excluding carboxylic acids is 2. The first-order chi connectivity index (χ1) is 13.9. The van der Waals surface area contributed by atoms with Crippen molar-refractivity contribution in [3.63, 3.8) is 0 Å². The van der Waals surface area contributed by atoms with E-state index in [1.165, 1.54) is 6.92 Å². The molecule has 0 bridgehead atoms. The van der Waals surface area contributed by atoms with Gasteiger partial charge < -0.3 is 34.7 Å². The van der Waals surface area contributed by atoms with Gasteiger partial charge in [-0.1, -0.05) is 6.07 Å². The van der Waals surface area contributed by atoms with Crippen molar-refractivity contribution in [3.05, 3.63) is 42.0 Å². The molecule has 2 amide bonds. The van der Waals surface area contributed by atoms with Gasteiger partial charge in [0.25, 0.3) is 0 Å². The predicted molar refractivity (Wildman–Crippen MR) is 101 cm³/mol. The van der Waals surface area contributed by atoms with Crippen molar-refractivity contribution in [1.82, 2.24) is 5.32 Å². The van der Waals surface area contributed by atoms with Crippen LogP contribution in [0.25, 0.3) is 0 Å². The third-order valence-electron chi connectivity index (χ3n) is 4.59. The summed E-state index contributed by atoms with van der Waals surface area (Å²) >= 11 is 0. The Hall–Kier alpha value is -3.46. The molecule has 0 radical (unpaired) electrons. The Morgan fingerprint density at radius 3 is 2.41 bits per heavy atom. The number of rotatable bonds is 4. The molecule has 0 aromatic heterocycles. The van der Waals surface area contributed by atoms with Crippen LogP contribution >= 0.6 is 0 Å². The summed E-state index contributed by atoms with van der Waals surface area (Å²) in [6, 6.07) is 9.86. The van der Waals surface area contributed by atoms with Gasteiger partial charge in [0, 0.05) is 11.8 Å². The molecule has 29 heavy (non-hydrogen) atoms. The Bertz CT molecular complexity index is 958. The number of ether oxygens (including phenoxy) is 4. The minimum Gasteiger partial charge on any atom is -0.486 e. The highest BCUT2D eigenvalue weighted by atomic mass is 16.7. The van der Waals surface area contributed by atoms with Crippen LogP contribution in [-0.4, -0.2) is 43.5 Å². The molecule has 4 rings (SSSR count). The van der Waals surface area contributed by atoms with E-state index in [-0.39, 0.29) is 13.3 Å². The molecule has 2 aromatic rings. The smallest absolute Gasteiger partial charge is 0.313 e. The average Bonchev–Trinajstić information content (AvgIpc) is 3.20. The van der Waals surface area contributed by atoms with Crippen molar-refractivity contribution in [2.24, 2.45) is 0 Å². The van der Waals surface area contributed by atoms with Crippen molar-refractivity contribution in [2.75, 3.05) is 31.9 Å². The summed E-state index contributed by atoms with van der Waals surface area (Å²) in [4.78, 5) is 24.3. The fraction of sp³-hybridized carbons (Fsp3) is 0.300. The van der Waals surface area contributed by atoms with Crippen LogP contribution in [0.3, 0.4) is 0 Å². The van der Waals surface area contributed by atoms with Crippen molar-refractivity contribution >= 4 is 17.5 Å². The van der Waals surface area contributed by atoms with Crippen molar-refractivity contribution in [3.8, 4) is 23.0 Å². The van der Waals surface area contributed by atoms with Crippen molar-refractivity contribution in [2.45, 2.75) is 12.5 Å². The van der Waals surface area contributed by atoms with E-state index in [9.17, 15) is 14.7 Å². The van der Waals surface area contributed by atoms with Gasteiger partial charge in [-0.3, -0.25) is 9.59 Å². The maximum Gasteiger partial charge on any atom is 0.313 e. The Kier molecular flexibility index (Phi) is 4.89. The second kappa shape index (κ2) is 7.51. The van der Waals surface area contributed by atoms with Crippen LogP contribution in [0.2, 0.25) is 0 Å². The van der Waals surface area contributed by atoms with Crippen LogP contribution < -0.4 is 29.6 Å². The lowest BCUT2D eigenvalue weighted by Gasteiger charge is -2.24. The van der Waals surface area contributed by atoms with Gasteiger partial charge in [0.15, 0.2) is 23.0 Å². The normalized spacial score (nSPS) is 15.9. The fourth-order valence-corrected chi connectivity index (χ4v) is 2.98. The largest absolute Gasteiger partial charge is 0.486 e. The number of hydrogen-bond acceptors (Lipinski definition) is 7. The highest BCUT2D eigenvalue weighted by Crippen LogP contribution is 2.35. The van der Waals surface area contributed by atoms with Crippen LogP contribution in [0.5, 0.6) is 23.0 Å². The molecule has 0 spiro atoms. The topological polar surface area (TPSA) is 115 Å². The first-order valence-corrected chi connectivity index (χ1v) is 9.04. The molecule has 9 nitrogen and oxygen atoms in total. The molecule has 0 saturated carbocycles. The van der Waals surface area contributed by atoms with Gasteiger partial charge in [0.05, 0.1) is 6.54 Å². The minimum atomic E-state index is -1.41. The van der Waals surface area contributed by atoms with E-state index in [4.69, 9.17) is 18.9 Å². The number of aliphatic hydroxyl groups is 1. The SMILES string of the molecule is CC(O)(CNC(=O)C(=O)Nc1ccc2c(c1)OCCO2)c1ccc2c(c1)OCO2. The molecule has 2 aromatic carbocycles. The molecule has 3 N–H and O–H groups in total. The van der Waals surface area contributed by atoms with Gasteiger partial charge in [0.1, 0.15) is 18.8 Å². The summed E-state index contributed by atoms with van der Waals surface area (Å²) in [5.74, 6) is 0.459. The summed E-state index contributed by atoms with van der Waals surface area (Å²) in [6.07, 6.45) is 0. The van der Waals surface area contributed by atoms with Gasteiger partial charge in [-0.2, -0.15) is 0 Å². The van der Waals surface area contributed by atoms with E-state index < -0.39 is 17.4 Å². The van der Waals surface area contributed by atoms with Crippen LogP contribution in [0.4, 0.5) is 5.69 Å². The van der Waals surface area contributed by atoms with Crippen LogP contribution in [0, 0.1) is 0 Å².